The zero-order valence-electron chi connectivity index (χ0n) is 29.1. The smallest absolute Gasteiger partial charge is 0.137 e. The molecule has 3 heteroatoms. The number of furan rings is 1. The van der Waals surface area contributed by atoms with E-state index in [4.69, 9.17) is 4.42 Å². The van der Waals surface area contributed by atoms with Crippen molar-refractivity contribution >= 4 is 70.5 Å². The summed E-state index contributed by atoms with van der Waals surface area (Å²) in [4.78, 5) is 2.40. The van der Waals surface area contributed by atoms with Crippen LogP contribution in [0.4, 0.5) is 17.1 Å². The summed E-state index contributed by atoms with van der Waals surface area (Å²) >= 11 is 1.85. The Morgan fingerprint density at radius 2 is 1.11 bits per heavy atom. The van der Waals surface area contributed by atoms with Crippen LogP contribution < -0.4 is 4.90 Å². The van der Waals surface area contributed by atoms with Gasteiger partial charge in [-0.1, -0.05) is 133 Å². The Hall–Kier alpha value is -6.42. The maximum Gasteiger partial charge on any atom is 0.137 e. The minimum Gasteiger partial charge on any atom is -0.456 e. The predicted octanol–water partition coefficient (Wildman–Crippen LogP) is 14.4. The minimum atomic E-state index is -0.296. The van der Waals surface area contributed by atoms with Crippen LogP contribution in [0.25, 0.3) is 64.4 Å². The van der Waals surface area contributed by atoms with Gasteiger partial charge in [-0.2, -0.15) is 0 Å². The monoisotopic (exact) mass is 695 g/mol. The van der Waals surface area contributed by atoms with Crippen LogP contribution in [0.5, 0.6) is 0 Å². The molecule has 0 saturated carbocycles. The van der Waals surface area contributed by atoms with Gasteiger partial charge in [0, 0.05) is 42.3 Å². The van der Waals surface area contributed by atoms with Crippen molar-refractivity contribution in [1.82, 2.24) is 0 Å². The first kappa shape index (κ1) is 30.2. The maximum atomic E-state index is 6.80. The van der Waals surface area contributed by atoms with Gasteiger partial charge in [0.25, 0.3) is 0 Å². The lowest BCUT2D eigenvalue weighted by Gasteiger charge is -2.28. The Morgan fingerprint density at radius 1 is 0.472 bits per heavy atom. The molecule has 2 nitrogen and oxygen atoms in total. The van der Waals surface area contributed by atoms with Crippen LogP contribution in [0.15, 0.2) is 186 Å². The summed E-state index contributed by atoms with van der Waals surface area (Å²) in [5.41, 5.74) is 13.7. The van der Waals surface area contributed by atoms with Crippen molar-refractivity contribution in [2.24, 2.45) is 0 Å². The lowest BCUT2D eigenvalue weighted by Crippen LogP contribution is -2.22. The van der Waals surface area contributed by atoms with Crippen molar-refractivity contribution in [1.29, 1.82) is 0 Å². The van der Waals surface area contributed by atoms with Gasteiger partial charge in [-0.15, -0.1) is 11.3 Å². The SMILES string of the molecule is CC1(c2ccc3c(c2)oc2cccc(N(c4ccc(-c5ccccc5)cc4)c4ccc5c(c4)sc4ccccc45)c23)c2ccccc2-c2ccccc21. The number of benzene rings is 8. The quantitative estimate of drug-likeness (QED) is 0.178. The summed E-state index contributed by atoms with van der Waals surface area (Å²) in [5, 5.41) is 4.81. The number of hydrogen-bond acceptors (Lipinski definition) is 3. The van der Waals surface area contributed by atoms with E-state index in [-0.39, 0.29) is 5.41 Å². The average molecular weight is 696 g/mol. The fraction of sp³-hybridized carbons (Fsp3) is 0.0400. The number of hydrogen-bond donors (Lipinski definition) is 0. The van der Waals surface area contributed by atoms with Crippen LogP contribution in [-0.4, -0.2) is 0 Å². The molecule has 1 aliphatic rings. The number of rotatable bonds is 5. The number of thiophene rings is 1. The van der Waals surface area contributed by atoms with E-state index >= 15 is 0 Å². The van der Waals surface area contributed by atoms with E-state index < -0.39 is 0 Å². The highest BCUT2D eigenvalue weighted by Crippen LogP contribution is 2.53. The average Bonchev–Trinajstić information content (AvgIpc) is 3.87. The molecule has 1 aliphatic carbocycles. The molecular formula is C50H33NOS. The molecule has 8 aromatic carbocycles. The van der Waals surface area contributed by atoms with Gasteiger partial charge >= 0.3 is 0 Å². The molecule has 0 bridgehead atoms. The third kappa shape index (κ3) is 4.51. The van der Waals surface area contributed by atoms with Gasteiger partial charge in [-0.3, -0.25) is 0 Å². The Kier molecular flexibility index (Phi) is 6.58. The highest BCUT2D eigenvalue weighted by atomic mass is 32.1. The van der Waals surface area contributed by atoms with Crippen molar-refractivity contribution in [3.05, 3.63) is 199 Å². The largest absolute Gasteiger partial charge is 0.456 e. The van der Waals surface area contributed by atoms with Gasteiger partial charge in [0.05, 0.1) is 11.1 Å². The molecule has 0 spiro atoms. The summed E-state index contributed by atoms with van der Waals surface area (Å²) in [5.74, 6) is 0. The van der Waals surface area contributed by atoms with Crippen LogP contribution >= 0.6 is 11.3 Å². The molecule has 0 amide bonds. The number of anilines is 3. The van der Waals surface area contributed by atoms with Crippen LogP contribution in [0.2, 0.25) is 0 Å². The fourth-order valence-electron chi connectivity index (χ4n) is 8.78. The number of nitrogens with zero attached hydrogens (tertiary/aromatic N) is 1. The van der Waals surface area contributed by atoms with Crippen LogP contribution in [0.3, 0.4) is 0 Å². The second-order valence-corrected chi connectivity index (χ2v) is 15.3. The Labute approximate surface area is 311 Å². The summed E-state index contributed by atoms with van der Waals surface area (Å²) in [6.07, 6.45) is 0. The van der Waals surface area contributed by atoms with E-state index in [0.717, 1.165) is 39.0 Å². The first-order valence-electron chi connectivity index (χ1n) is 18.2. The van der Waals surface area contributed by atoms with Gasteiger partial charge in [-0.25, -0.2) is 0 Å². The zero-order chi connectivity index (χ0) is 35.1. The molecule has 2 heterocycles. The van der Waals surface area contributed by atoms with E-state index in [1.54, 1.807) is 0 Å². The molecule has 0 saturated heterocycles. The number of fused-ring (bicyclic) bond motifs is 9. The molecule has 10 aromatic rings. The topological polar surface area (TPSA) is 16.4 Å². The summed E-state index contributed by atoms with van der Waals surface area (Å²) < 4.78 is 9.37. The summed E-state index contributed by atoms with van der Waals surface area (Å²) in [7, 11) is 0. The molecule has 0 fully saturated rings. The first-order valence-corrected chi connectivity index (χ1v) is 19.0. The van der Waals surface area contributed by atoms with Crippen molar-refractivity contribution < 1.29 is 4.42 Å². The summed E-state index contributed by atoms with van der Waals surface area (Å²) in [6.45, 7) is 2.36. The third-order valence-corrected chi connectivity index (χ3v) is 12.5. The van der Waals surface area contributed by atoms with Gasteiger partial charge in [0.2, 0.25) is 0 Å². The molecule has 11 rings (SSSR count). The molecule has 250 valence electrons. The van der Waals surface area contributed by atoms with E-state index in [9.17, 15) is 0 Å². The Balaban J connectivity index is 1.11. The normalized spacial score (nSPS) is 13.2. The molecule has 0 atom stereocenters. The van der Waals surface area contributed by atoms with Gasteiger partial charge in [0.1, 0.15) is 11.2 Å². The lowest BCUT2D eigenvalue weighted by atomic mass is 9.74. The third-order valence-electron chi connectivity index (χ3n) is 11.4. The highest BCUT2D eigenvalue weighted by Gasteiger charge is 2.40. The Bertz CT molecular complexity index is 2980. The van der Waals surface area contributed by atoms with Crippen molar-refractivity contribution in [2.75, 3.05) is 4.90 Å². The van der Waals surface area contributed by atoms with E-state index in [2.05, 4.69) is 194 Å². The molecule has 2 aromatic heterocycles. The first-order chi connectivity index (χ1) is 26.1. The minimum absolute atomic E-state index is 0.296. The zero-order valence-corrected chi connectivity index (χ0v) is 29.9. The Morgan fingerprint density at radius 3 is 1.91 bits per heavy atom. The second kappa shape index (κ2) is 11.5. The van der Waals surface area contributed by atoms with Crippen LogP contribution in [-0.2, 0) is 5.41 Å². The van der Waals surface area contributed by atoms with E-state index in [1.807, 2.05) is 11.3 Å². The standard InChI is InChI=1S/C50H33NOS/c1-50(42-17-8-5-14-37(42)38-15-6-9-18-43(38)50)34-24-28-41-46(30-34)52-45-20-11-19-44(49(41)45)51(35-25-22-33(23-26-35)32-12-3-2-4-13-32)36-27-29-40-39-16-7-10-21-47(39)53-48(40)31-36/h2-31H,1H3. The van der Waals surface area contributed by atoms with E-state index in [0.29, 0.717) is 0 Å². The molecule has 0 aliphatic heterocycles. The molecule has 0 unspecified atom stereocenters. The predicted molar refractivity (Wildman–Crippen MR) is 224 cm³/mol. The van der Waals surface area contributed by atoms with Crippen molar-refractivity contribution in [3.63, 3.8) is 0 Å². The van der Waals surface area contributed by atoms with Crippen LogP contribution in [0.1, 0.15) is 23.6 Å². The molecule has 53 heavy (non-hydrogen) atoms. The molecule has 0 radical (unpaired) electrons. The lowest BCUT2D eigenvalue weighted by molar-refractivity contribution is 0.662. The van der Waals surface area contributed by atoms with Crippen molar-refractivity contribution in [2.45, 2.75) is 12.3 Å². The van der Waals surface area contributed by atoms with Gasteiger partial charge < -0.3 is 9.32 Å². The maximum absolute atomic E-state index is 6.80. The summed E-state index contributed by atoms with van der Waals surface area (Å²) in [6, 6.07) is 66.1. The van der Waals surface area contributed by atoms with E-state index in [1.165, 1.54) is 59.1 Å². The van der Waals surface area contributed by atoms with Gasteiger partial charge in [0.15, 0.2) is 0 Å². The second-order valence-electron chi connectivity index (χ2n) is 14.2. The van der Waals surface area contributed by atoms with Crippen LogP contribution in [0, 0.1) is 0 Å². The molecular weight excluding hydrogens is 663 g/mol. The molecule has 0 N–H and O–H groups in total. The highest BCUT2D eigenvalue weighted by molar-refractivity contribution is 7.25. The van der Waals surface area contributed by atoms with Gasteiger partial charge in [-0.05, 0) is 94.4 Å². The van der Waals surface area contributed by atoms with Crippen molar-refractivity contribution in [3.8, 4) is 22.3 Å². The fourth-order valence-corrected chi connectivity index (χ4v) is 9.92.